The summed E-state index contributed by atoms with van der Waals surface area (Å²) in [6.07, 6.45) is -2.25. The highest BCUT2D eigenvalue weighted by atomic mass is 19.4. The molecule has 8 nitrogen and oxygen atoms in total. The van der Waals surface area contributed by atoms with E-state index in [0.717, 1.165) is 18.2 Å². The number of rotatable bonds is 4. The molecule has 0 fully saturated rings. The van der Waals surface area contributed by atoms with Crippen LogP contribution in [0.4, 0.5) is 13.2 Å². The third kappa shape index (κ3) is 3.47. The molecule has 0 spiro atoms. The van der Waals surface area contributed by atoms with E-state index in [0.29, 0.717) is 4.57 Å². The number of aromatic nitrogens is 4. The van der Waals surface area contributed by atoms with E-state index in [4.69, 9.17) is 10.2 Å². The van der Waals surface area contributed by atoms with Crippen LogP contribution in [0, 0.1) is 0 Å². The molecule has 138 valence electrons. The summed E-state index contributed by atoms with van der Waals surface area (Å²) in [4.78, 5) is 26.3. The number of hydrogen-bond acceptors (Lipinski definition) is 5. The van der Waals surface area contributed by atoms with Gasteiger partial charge in [0.1, 0.15) is 0 Å². The number of carboxylic acid groups (broad SMARTS) is 2. The van der Waals surface area contributed by atoms with E-state index in [1.165, 1.54) is 24.5 Å². The number of carbonyl (C=O) groups is 2. The molecule has 27 heavy (non-hydrogen) atoms. The van der Waals surface area contributed by atoms with Crippen molar-refractivity contribution < 1.29 is 33.0 Å². The van der Waals surface area contributed by atoms with Crippen LogP contribution in [0.5, 0.6) is 0 Å². The molecular formula is C16H9F3N4O4. The van der Waals surface area contributed by atoms with Gasteiger partial charge in [0.05, 0.1) is 16.8 Å². The Morgan fingerprint density at radius 2 is 1.48 bits per heavy atom. The van der Waals surface area contributed by atoms with E-state index in [1.807, 2.05) is 0 Å². The molecule has 0 aliphatic heterocycles. The molecule has 0 radical (unpaired) electrons. The molecule has 2 aromatic heterocycles. The lowest BCUT2D eigenvalue weighted by Gasteiger charge is -2.13. The van der Waals surface area contributed by atoms with Gasteiger partial charge in [-0.25, -0.2) is 9.59 Å². The molecule has 0 bridgehead atoms. The highest BCUT2D eigenvalue weighted by Gasteiger charge is 2.39. The second kappa shape index (κ2) is 6.52. The Labute approximate surface area is 148 Å². The summed E-state index contributed by atoms with van der Waals surface area (Å²) in [5.74, 6) is -4.66. The van der Waals surface area contributed by atoms with Crippen molar-refractivity contribution in [3.8, 4) is 17.1 Å². The summed E-state index contributed by atoms with van der Waals surface area (Å²) in [7, 11) is 0. The maximum atomic E-state index is 13.4. The fourth-order valence-electron chi connectivity index (χ4n) is 2.39. The van der Waals surface area contributed by atoms with E-state index >= 15 is 0 Å². The first-order valence-corrected chi connectivity index (χ1v) is 7.23. The van der Waals surface area contributed by atoms with E-state index in [9.17, 15) is 22.8 Å². The third-order valence-corrected chi connectivity index (χ3v) is 3.52. The van der Waals surface area contributed by atoms with Gasteiger partial charge in [-0.2, -0.15) is 13.2 Å². The lowest BCUT2D eigenvalue weighted by molar-refractivity contribution is -0.146. The van der Waals surface area contributed by atoms with Crippen LogP contribution in [0.15, 0.2) is 42.7 Å². The quantitative estimate of drug-likeness (QED) is 0.717. The Hall–Kier alpha value is -3.76. The Morgan fingerprint density at radius 3 is 1.96 bits per heavy atom. The van der Waals surface area contributed by atoms with Crippen LogP contribution in [0.25, 0.3) is 17.1 Å². The summed E-state index contributed by atoms with van der Waals surface area (Å²) >= 11 is 0. The van der Waals surface area contributed by atoms with Gasteiger partial charge in [0, 0.05) is 18.0 Å². The van der Waals surface area contributed by atoms with Crippen molar-refractivity contribution in [1.82, 2.24) is 19.7 Å². The van der Waals surface area contributed by atoms with Gasteiger partial charge in [-0.05, 0) is 30.3 Å². The normalized spacial score (nSPS) is 11.4. The highest BCUT2D eigenvalue weighted by Crippen LogP contribution is 2.33. The standard InChI is InChI=1S/C16H9F3N4O4/c17-16(18,19)15-22-21-12(8-1-3-20-4-2-8)23(15)11-6-9(13(24)25)5-10(7-11)14(26)27/h1-7H,(H,24,25)(H,26,27). The van der Waals surface area contributed by atoms with Crippen LogP contribution in [0.1, 0.15) is 26.5 Å². The average Bonchev–Trinajstić information content (AvgIpc) is 3.07. The van der Waals surface area contributed by atoms with Gasteiger partial charge < -0.3 is 10.2 Å². The van der Waals surface area contributed by atoms with Crippen molar-refractivity contribution in [3.63, 3.8) is 0 Å². The van der Waals surface area contributed by atoms with Crippen LogP contribution in [-0.4, -0.2) is 41.9 Å². The van der Waals surface area contributed by atoms with Crippen molar-refractivity contribution in [2.45, 2.75) is 6.18 Å². The predicted molar refractivity (Wildman–Crippen MR) is 83.5 cm³/mol. The molecule has 1 aromatic carbocycles. The molecule has 11 heteroatoms. The van der Waals surface area contributed by atoms with E-state index in [1.54, 1.807) is 0 Å². The Balaban J connectivity index is 2.35. The summed E-state index contributed by atoms with van der Waals surface area (Å²) in [6, 6.07) is 5.45. The van der Waals surface area contributed by atoms with Gasteiger partial charge in [-0.3, -0.25) is 9.55 Å². The first-order chi connectivity index (χ1) is 12.7. The van der Waals surface area contributed by atoms with Gasteiger partial charge >= 0.3 is 18.1 Å². The monoisotopic (exact) mass is 378 g/mol. The minimum Gasteiger partial charge on any atom is -0.478 e. The maximum absolute atomic E-state index is 13.4. The first kappa shape index (κ1) is 18.0. The zero-order valence-corrected chi connectivity index (χ0v) is 13.2. The number of alkyl halides is 3. The molecule has 0 amide bonds. The van der Waals surface area contributed by atoms with Crippen molar-refractivity contribution in [2.75, 3.05) is 0 Å². The summed E-state index contributed by atoms with van der Waals surface area (Å²) in [5, 5.41) is 25.0. The number of hydrogen-bond donors (Lipinski definition) is 2. The van der Waals surface area contributed by atoms with E-state index in [2.05, 4.69) is 15.2 Å². The van der Waals surface area contributed by atoms with Crippen LogP contribution in [0.3, 0.4) is 0 Å². The topological polar surface area (TPSA) is 118 Å². The van der Waals surface area contributed by atoms with Crippen LogP contribution < -0.4 is 0 Å². The van der Waals surface area contributed by atoms with Gasteiger partial charge in [0.25, 0.3) is 0 Å². The number of benzene rings is 1. The van der Waals surface area contributed by atoms with Crippen LogP contribution in [0.2, 0.25) is 0 Å². The fraction of sp³-hybridized carbons (Fsp3) is 0.0625. The van der Waals surface area contributed by atoms with Crippen molar-refractivity contribution >= 4 is 11.9 Å². The number of halogens is 3. The van der Waals surface area contributed by atoms with Crippen molar-refractivity contribution in [2.24, 2.45) is 0 Å². The first-order valence-electron chi connectivity index (χ1n) is 7.23. The zero-order valence-electron chi connectivity index (χ0n) is 13.2. The highest BCUT2D eigenvalue weighted by molar-refractivity contribution is 5.95. The van der Waals surface area contributed by atoms with Gasteiger partial charge in [0.2, 0.25) is 5.82 Å². The SMILES string of the molecule is O=C(O)c1cc(C(=O)O)cc(-n2c(-c3ccncc3)nnc2C(F)(F)F)c1. The summed E-state index contributed by atoms with van der Waals surface area (Å²) < 4.78 is 40.8. The number of nitrogens with zero attached hydrogens (tertiary/aromatic N) is 4. The Bertz CT molecular complexity index is 1000. The zero-order chi connectivity index (χ0) is 19.8. The molecule has 0 atom stereocenters. The predicted octanol–water partition coefficient (Wildman–Crippen LogP) is 2.74. The Morgan fingerprint density at radius 1 is 0.926 bits per heavy atom. The maximum Gasteiger partial charge on any atom is 0.452 e. The average molecular weight is 378 g/mol. The minimum atomic E-state index is -4.92. The van der Waals surface area contributed by atoms with Gasteiger partial charge in [0.15, 0.2) is 5.82 Å². The molecule has 2 N–H and O–H groups in total. The second-order valence-corrected chi connectivity index (χ2v) is 5.30. The van der Waals surface area contributed by atoms with Gasteiger partial charge in [-0.1, -0.05) is 0 Å². The fourth-order valence-corrected chi connectivity index (χ4v) is 2.39. The summed E-state index contributed by atoms with van der Waals surface area (Å²) in [5.41, 5.74) is -1.11. The summed E-state index contributed by atoms with van der Waals surface area (Å²) in [6.45, 7) is 0. The molecule has 2 heterocycles. The van der Waals surface area contributed by atoms with Crippen LogP contribution in [-0.2, 0) is 6.18 Å². The molecule has 0 aliphatic carbocycles. The molecule has 0 aliphatic rings. The number of pyridine rings is 1. The lowest BCUT2D eigenvalue weighted by Crippen LogP contribution is -2.15. The molecule has 3 aromatic rings. The molecule has 0 unspecified atom stereocenters. The number of carboxylic acids is 2. The van der Waals surface area contributed by atoms with E-state index in [-0.39, 0.29) is 17.1 Å². The Kier molecular flexibility index (Phi) is 4.35. The molecule has 3 rings (SSSR count). The third-order valence-electron chi connectivity index (χ3n) is 3.52. The second-order valence-electron chi connectivity index (χ2n) is 5.30. The number of aromatic carboxylic acids is 2. The van der Waals surface area contributed by atoms with E-state index < -0.39 is 35.1 Å². The van der Waals surface area contributed by atoms with Crippen LogP contribution >= 0.6 is 0 Å². The van der Waals surface area contributed by atoms with Crippen molar-refractivity contribution in [3.05, 3.63) is 59.7 Å². The van der Waals surface area contributed by atoms with Crippen molar-refractivity contribution in [1.29, 1.82) is 0 Å². The largest absolute Gasteiger partial charge is 0.478 e. The smallest absolute Gasteiger partial charge is 0.452 e. The molecular weight excluding hydrogens is 369 g/mol. The minimum absolute atomic E-state index is 0.227. The molecule has 0 saturated carbocycles. The lowest BCUT2D eigenvalue weighted by atomic mass is 10.1. The molecule has 0 saturated heterocycles. The van der Waals surface area contributed by atoms with Gasteiger partial charge in [-0.15, -0.1) is 10.2 Å².